The molecular formula is C16H32N2O2. The van der Waals surface area contributed by atoms with Crippen LogP contribution in [0.1, 0.15) is 40.5 Å². The Morgan fingerprint density at radius 3 is 2.75 bits per heavy atom. The molecule has 1 rings (SSSR count). The van der Waals surface area contributed by atoms with Gasteiger partial charge >= 0.3 is 0 Å². The Kier molecular flexibility index (Phi) is 8.34. The van der Waals surface area contributed by atoms with Crippen LogP contribution in [0.2, 0.25) is 0 Å². The van der Waals surface area contributed by atoms with Crippen molar-refractivity contribution in [1.82, 2.24) is 10.2 Å². The van der Waals surface area contributed by atoms with Crippen molar-refractivity contribution in [2.75, 3.05) is 39.3 Å². The van der Waals surface area contributed by atoms with Crippen LogP contribution >= 0.6 is 0 Å². The van der Waals surface area contributed by atoms with Gasteiger partial charge in [0, 0.05) is 38.5 Å². The number of ether oxygens (including phenoxy) is 1. The van der Waals surface area contributed by atoms with Gasteiger partial charge in [0.25, 0.3) is 0 Å². The summed E-state index contributed by atoms with van der Waals surface area (Å²) in [6, 6.07) is 0. The zero-order valence-electron chi connectivity index (χ0n) is 13.7. The van der Waals surface area contributed by atoms with Crippen molar-refractivity contribution in [1.29, 1.82) is 0 Å². The molecule has 0 aliphatic carbocycles. The zero-order valence-corrected chi connectivity index (χ0v) is 13.7. The number of nitrogens with zero attached hydrogens (tertiary/aromatic N) is 1. The second kappa shape index (κ2) is 9.48. The van der Waals surface area contributed by atoms with Gasteiger partial charge in [-0.25, -0.2) is 0 Å². The Labute approximate surface area is 124 Å². The molecule has 118 valence electrons. The molecule has 4 nitrogen and oxygen atoms in total. The van der Waals surface area contributed by atoms with Crippen LogP contribution in [-0.4, -0.2) is 56.1 Å². The molecule has 1 saturated heterocycles. The third kappa shape index (κ3) is 7.36. The van der Waals surface area contributed by atoms with E-state index in [1.807, 2.05) is 13.8 Å². The summed E-state index contributed by atoms with van der Waals surface area (Å²) in [5.41, 5.74) is 0. The Morgan fingerprint density at radius 2 is 2.10 bits per heavy atom. The van der Waals surface area contributed by atoms with Crippen LogP contribution in [0.5, 0.6) is 0 Å². The van der Waals surface area contributed by atoms with Crippen LogP contribution in [0, 0.1) is 11.8 Å². The highest BCUT2D eigenvalue weighted by molar-refractivity contribution is 5.80. The van der Waals surface area contributed by atoms with Crippen LogP contribution in [0.3, 0.4) is 0 Å². The Morgan fingerprint density at radius 1 is 1.35 bits per heavy atom. The minimum absolute atomic E-state index is 0.148. The second-order valence-corrected chi connectivity index (χ2v) is 6.55. The molecule has 0 saturated carbocycles. The maximum absolute atomic E-state index is 11.7. The number of hydrogen-bond acceptors (Lipinski definition) is 4. The van der Waals surface area contributed by atoms with Gasteiger partial charge in [0.15, 0.2) is 0 Å². The van der Waals surface area contributed by atoms with Gasteiger partial charge in [-0.05, 0) is 18.9 Å². The summed E-state index contributed by atoms with van der Waals surface area (Å²) in [5.74, 6) is 1.20. The van der Waals surface area contributed by atoms with E-state index in [9.17, 15) is 4.79 Å². The Hall–Kier alpha value is -0.450. The molecule has 1 heterocycles. The maximum atomic E-state index is 11.7. The lowest BCUT2D eigenvalue weighted by Gasteiger charge is -2.33. The van der Waals surface area contributed by atoms with Crippen molar-refractivity contribution >= 4 is 5.78 Å². The van der Waals surface area contributed by atoms with Crippen molar-refractivity contribution in [3.05, 3.63) is 0 Å². The van der Waals surface area contributed by atoms with E-state index in [1.165, 1.54) is 0 Å². The summed E-state index contributed by atoms with van der Waals surface area (Å²) in [4.78, 5) is 14.1. The van der Waals surface area contributed by atoms with Crippen LogP contribution in [0.4, 0.5) is 0 Å². The van der Waals surface area contributed by atoms with Gasteiger partial charge in [0.05, 0.1) is 12.7 Å². The number of morpholine rings is 1. The van der Waals surface area contributed by atoms with E-state index in [0.717, 1.165) is 45.8 Å². The first-order valence-electron chi connectivity index (χ1n) is 8.06. The lowest BCUT2D eigenvalue weighted by Crippen LogP contribution is -2.45. The van der Waals surface area contributed by atoms with Gasteiger partial charge in [0.2, 0.25) is 0 Å². The van der Waals surface area contributed by atoms with Gasteiger partial charge in [-0.3, -0.25) is 9.69 Å². The minimum Gasteiger partial charge on any atom is -0.376 e. The summed E-state index contributed by atoms with van der Waals surface area (Å²) in [6.45, 7) is 14.4. The van der Waals surface area contributed by atoms with Gasteiger partial charge in [0.1, 0.15) is 5.78 Å². The molecule has 1 aliphatic rings. The summed E-state index contributed by atoms with van der Waals surface area (Å²) in [7, 11) is 0. The maximum Gasteiger partial charge on any atom is 0.135 e. The van der Waals surface area contributed by atoms with E-state index >= 15 is 0 Å². The van der Waals surface area contributed by atoms with E-state index in [4.69, 9.17) is 4.74 Å². The van der Waals surface area contributed by atoms with E-state index in [0.29, 0.717) is 18.1 Å². The first-order valence-corrected chi connectivity index (χ1v) is 8.06. The van der Waals surface area contributed by atoms with Crippen LogP contribution < -0.4 is 5.32 Å². The fourth-order valence-electron chi connectivity index (χ4n) is 2.38. The molecule has 0 aromatic carbocycles. The average Bonchev–Trinajstić information content (AvgIpc) is 2.41. The molecule has 0 aromatic rings. The SMILES string of the molecule is CC(C)CNCCN1CCO[C@@H](CCC(=O)C(C)C)C1. The normalized spacial score (nSPS) is 20.8. The molecule has 1 fully saturated rings. The third-order valence-corrected chi connectivity index (χ3v) is 3.74. The summed E-state index contributed by atoms with van der Waals surface area (Å²) < 4.78 is 5.77. The van der Waals surface area contributed by atoms with Gasteiger partial charge in [-0.1, -0.05) is 27.7 Å². The van der Waals surface area contributed by atoms with Crippen molar-refractivity contribution in [3.63, 3.8) is 0 Å². The minimum atomic E-state index is 0.148. The van der Waals surface area contributed by atoms with Crippen LogP contribution in [-0.2, 0) is 9.53 Å². The molecule has 0 aromatic heterocycles. The van der Waals surface area contributed by atoms with Crippen molar-refractivity contribution < 1.29 is 9.53 Å². The van der Waals surface area contributed by atoms with Crippen LogP contribution in [0.25, 0.3) is 0 Å². The Balaban J connectivity index is 2.16. The monoisotopic (exact) mass is 284 g/mol. The molecule has 0 radical (unpaired) electrons. The first-order chi connectivity index (χ1) is 9.49. The fraction of sp³-hybridized carbons (Fsp3) is 0.938. The van der Waals surface area contributed by atoms with Crippen LogP contribution in [0.15, 0.2) is 0 Å². The number of carbonyl (C=O) groups excluding carboxylic acids is 1. The van der Waals surface area contributed by atoms with E-state index < -0.39 is 0 Å². The highest BCUT2D eigenvalue weighted by atomic mass is 16.5. The quantitative estimate of drug-likeness (QED) is 0.657. The molecule has 1 aliphatic heterocycles. The smallest absolute Gasteiger partial charge is 0.135 e. The Bertz CT molecular complexity index is 280. The van der Waals surface area contributed by atoms with E-state index in [2.05, 4.69) is 24.1 Å². The third-order valence-electron chi connectivity index (χ3n) is 3.74. The highest BCUT2D eigenvalue weighted by Crippen LogP contribution is 2.12. The van der Waals surface area contributed by atoms with Crippen molar-refractivity contribution in [2.24, 2.45) is 11.8 Å². The summed E-state index contributed by atoms with van der Waals surface area (Å²) in [6.07, 6.45) is 1.76. The topological polar surface area (TPSA) is 41.6 Å². The molecule has 1 atom stereocenters. The van der Waals surface area contributed by atoms with E-state index in [1.54, 1.807) is 0 Å². The predicted octanol–water partition coefficient (Wildman–Crippen LogP) is 1.94. The molecule has 4 heteroatoms. The molecule has 0 unspecified atom stereocenters. The largest absolute Gasteiger partial charge is 0.376 e. The molecule has 0 amide bonds. The van der Waals surface area contributed by atoms with Gasteiger partial charge in [-0.2, -0.15) is 0 Å². The molecule has 1 N–H and O–H groups in total. The van der Waals surface area contributed by atoms with E-state index in [-0.39, 0.29) is 12.0 Å². The summed E-state index contributed by atoms with van der Waals surface area (Å²) in [5, 5.41) is 3.48. The molecular weight excluding hydrogens is 252 g/mol. The number of ketones is 1. The summed E-state index contributed by atoms with van der Waals surface area (Å²) >= 11 is 0. The van der Waals surface area contributed by atoms with Crippen molar-refractivity contribution in [2.45, 2.75) is 46.6 Å². The number of nitrogens with one attached hydrogen (secondary N) is 1. The average molecular weight is 284 g/mol. The first kappa shape index (κ1) is 17.6. The lowest BCUT2D eigenvalue weighted by atomic mass is 10.0. The number of Topliss-reactive ketones (excluding diaryl/α,β-unsaturated/α-hetero) is 1. The predicted molar refractivity (Wildman–Crippen MR) is 83.0 cm³/mol. The number of rotatable bonds is 9. The zero-order chi connectivity index (χ0) is 15.0. The number of hydrogen-bond donors (Lipinski definition) is 1. The second-order valence-electron chi connectivity index (χ2n) is 6.55. The standard InChI is InChI=1S/C16H32N2O2/c1-13(2)11-17-7-8-18-9-10-20-15(12-18)5-6-16(19)14(3)4/h13-15,17H,5-12H2,1-4H3/t15-/m0/s1. The molecule has 0 bridgehead atoms. The fourth-order valence-corrected chi connectivity index (χ4v) is 2.38. The highest BCUT2D eigenvalue weighted by Gasteiger charge is 2.21. The lowest BCUT2D eigenvalue weighted by molar-refractivity contribution is -0.123. The van der Waals surface area contributed by atoms with Gasteiger partial charge < -0.3 is 10.1 Å². The molecule has 20 heavy (non-hydrogen) atoms. The number of carbonyl (C=O) groups is 1. The van der Waals surface area contributed by atoms with Crippen molar-refractivity contribution in [3.8, 4) is 0 Å². The molecule has 0 spiro atoms. The van der Waals surface area contributed by atoms with Gasteiger partial charge in [-0.15, -0.1) is 0 Å².